The smallest absolute Gasteiger partial charge is 0.224 e. The Morgan fingerprint density at radius 1 is 1.39 bits per heavy atom. The minimum absolute atomic E-state index is 0.142. The van der Waals surface area contributed by atoms with Crippen molar-refractivity contribution in [1.82, 2.24) is 10.3 Å². The van der Waals surface area contributed by atoms with Gasteiger partial charge in [-0.05, 0) is 44.4 Å². The molecular formula is C15H18N2O. The third kappa shape index (κ3) is 2.13. The highest BCUT2D eigenvalue weighted by Gasteiger charge is 2.23. The maximum absolute atomic E-state index is 11.9. The van der Waals surface area contributed by atoms with Crippen molar-refractivity contribution in [3.8, 4) is 0 Å². The van der Waals surface area contributed by atoms with Crippen LogP contribution in [0.15, 0.2) is 18.2 Å². The Labute approximate surface area is 107 Å². The SMILES string of the molecule is Cc1ccc2[nH]c(C)c(CC(=O)NC3CC3)c2c1. The zero-order chi connectivity index (χ0) is 12.7. The predicted octanol–water partition coefficient (Wildman–Crippen LogP) is 2.61. The first-order chi connectivity index (χ1) is 8.63. The Kier molecular flexibility index (Phi) is 2.62. The lowest BCUT2D eigenvalue weighted by Gasteiger charge is -2.04. The summed E-state index contributed by atoms with van der Waals surface area (Å²) < 4.78 is 0. The van der Waals surface area contributed by atoms with Gasteiger partial charge in [-0.3, -0.25) is 4.79 Å². The van der Waals surface area contributed by atoms with E-state index in [1.807, 2.05) is 6.92 Å². The van der Waals surface area contributed by atoms with Gasteiger partial charge in [-0.1, -0.05) is 11.6 Å². The van der Waals surface area contributed by atoms with Gasteiger partial charge in [-0.25, -0.2) is 0 Å². The molecule has 0 aliphatic heterocycles. The van der Waals surface area contributed by atoms with Crippen molar-refractivity contribution in [1.29, 1.82) is 0 Å². The molecule has 18 heavy (non-hydrogen) atoms. The largest absolute Gasteiger partial charge is 0.358 e. The van der Waals surface area contributed by atoms with Gasteiger partial charge in [0.15, 0.2) is 0 Å². The van der Waals surface area contributed by atoms with E-state index in [0.717, 1.165) is 29.6 Å². The third-order valence-electron chi connectivity index (χ3n) is 3.55. The lowest BCUT2D eigenvalue weighted by molar-refractivity contribution is -0.120. The molecule has 1 aliphatic carbocycles. The van der Waals surface area contributed by atoms with Gasteiger partial charge in [0.05, 0.1) is 6.42 Å². The van der Waals surface area contributed by atoms with E-state index >= 15 is 0 Å². The summed E-state index contributed by atoms with van der Waals surface area (Å²) in [6, 6.07) is 6.76. The molecule has 2 aromatic rings. The summed E-state index contributed by atoms with van der Waals surface area (Å²) in [5, 5.41) is 4.22. The van der Waals surface area contributed by atoms with E-state index in [4.69, 9.17) is 0 Å². The van der Waals surface area contributed by atoms with Crippen LogP contribution in [-0.2, 0) is 11.2 Å². The van der Waals surface area contributed by atoms with Crippen LogP contribution in [0.4, 0.5) is 0 Å². The minimum atomic E-state index is 0.142. The second kappa shape index (κ2) is 4.16. The Morgan fingerprint density at radius 2 is 2.17 bits per heavy atom. The quantitative estimate of drug-likeness (QED) is 0.853. The summed E-state index contributed by atoms with van der Waals surface area (Å²) in [4.78, 5) is 15.3. The number of aromatic amines is 1. The van der Waals surface area contributed by atoms with E-state index in [-0.39, 0.29) is 5.91 Å². The molecule has 1 aliphatic rings. The van der Waals surface area contributed by atoms with E-state index < -0.39 is 0 Å². The molecule has 0 saturated heterocycles. The summed E-state index contributed by atoms with van der Waals surface area (Å²) in [6.07, 6.45) is 2.75. The van der Waals surface area contributed by atoms with Crippen LogP contribution >= 0.6 is 0 Å². The average Bonchev–Trinajstić information content (AvgIpc) is 3.07. The van der Waals surface area contributed by atoms with Crippen LogP contribution in [0.5, 0.6) is 0 Å². The number of aromatic nitrogens is 1. The zero-order valence-corrected chi connectivity index (χ0v) is 10.8. The van der Waals surface area contributed by atoms with Crippen molar-refractivity contribution < 1.29 is 4.79 Å². The maximum atomic E-state index is 11.9. The van der Waals surface area contributed by atoms with Gasteiger partial charge >= 0.3 is 0 Å². The van der Waals surface area contributed by atoms with E-state index in [1.54, 1.807) is 0 Å². The predicted molar refractivity (Wildman–Crippen MR) is 72.6 cm³/mol. The molecular weight excluding hydrogens is 224 g/mol. The molecule has 1 fully saturated rings. The number of carbonyl (C=O) groups is 1. The van der Waals surface area contributed by atoms with Gasteiger partial charge in [0.1, 0.15) is 0 Å². The lowest BCUT2D eigenvalue weighted by atomic mass is 10.1. The molecule has 3 rings (SSSR count). The van der Waals surface area contributed by atoms with Crippen molar-refractivity contribution in [3.05, 3.63) is 35.0 Å². The number of aryl methyl sites for hydroxylation is 2. The number of amides is 1. The maximum Gasteiger partial charge on any atom is 0.224 e. The van der Waals surface area contributed by atoms with Crippen LogP contribution in [0.3, 0.4) is 0 Å². The van der Waals surface area contributed by atoms with E-state index in [0.29, 0.717) is 12.5 Å². The van der Waals surface area contributed by atoms with E-state index in [1.165, 1.54) is 10.9 Å². The normalized spacial score (nSPS) is 15.0. The number of hydrogen-bond acceptors (Lipinski definition) is 1. The summed E-state index contributed by atoms with van der Waals surface area (Å²) in [5.41, 5.74) is 4.58. The Bertz CT molecular complexity index is 608. The lowest BCUT2D eigenvalue weighted by Crippen LogP contribution is -2.27. The molecule has 3 heteroatoms. The van der Waals surface area contributed by atoms with Gasteiger partial charge in [-0.2, -0.15) is 0 Å². The fourth-order valence-electron chi connectivity index (χ4n) is 2.39. The van der Waals surface area contributed by atoms with Gasteiger partial charge in [0.2, 0.25) is 5.91 Å². The van der Waals surface area contributed by atoms with Gasteiger partial charge in [-0.15, -0.1) is 0 Å². The summed E-state index contributed by atoms with van der Waals surface area (Å²) in [7, 11) is 0. The number of hydrogen-bond donors (Lipinski definition) is 2. The Balaban J connectivity index is 1.91. The van der Waals surface area contributed by atoms with Crippen LogP contribution in [0.1, 0.15) is 29.7 Å². The van der Waals surface area contributed by atoms with Gasteiger partial charge in [0.25, 0.3) is 0 Å². The number of fused-ring (bicyclic) bond motifs is 1. The molecule has 1 saturated carbocycles. The molecule has 0 radical (unpaired) electrons. The molecule has 0 unspecified atom stereocenters. The van der Waals surface area contributed by atoms with E-state index in [9.17, 15) is 4.79 Å². The highest BCUT2D eigenvalue weighted by atomic mass is 16.1. The fraction of sp³-hybridized carbons (Fsp3) is 0.400. The highest BCUT2D eigenvalue weighted by Crippen LogP contribution is 2.24. The van der Waals surface area contributed by atoms with Crippen LogP contribution < -0.4 is 5.32 Å². The molecule has 1 heterocycles. The van der Waals surface area contributed by atoms with E-state index in [2.05, 4.69) is 35.4 Å². The summed E-state index contributed by atoms with van der Waals surface area (Å²) in [6.45, 7) is 4.12. The first-order valence-corrected chi connectivity index (χ1v) is 6.50. The number of nitrogens with one attached hydrogen (secondary N) is 2. The zero-order valence-electron chi connectivity index (χ0n) is 10.8. The molecule has 2 N–H and O–H groups in total. The second-order valence-electron chi connectivity index (χ2n) is 5.30. The van der Waals surface area contributed by atoms with Crippen molar-refractivity contribution in [3.63, 3.8) is 0 Å². The molecule has 94 valence electrons. The highest BCUT2D eigenvalue weighted by molar-refractivity contribution is 5.90. The second-order valence-corrected chi connectivity index (χ2v) is 5.30. The van der Waals surface area contributed by atoms with Crippen LogP contribution in [-0.4, -0.2) is 16.9 Å². The van der Waals surface area contributed by atoms with Crippen molar-refractivity contribution in [2.45, 2.75) is 39.2 Å². The number of rotatable bonds is 3. The standard InChI is InChI=1S/C15H18N2O/c1-9-3-6-14-13(7-9)12(10(2)16-14)8-15(18)17-11-4-5-11/h3,6-7,11,16H,4-5,8H2,1-2H3,(H,17,18). The molecule has 0 spiro atoms. The van der Waals surface area contributed by atoms with Crippen molar-refractivity contribution >= 4 is 16.8 Å². The van der Waals surface area contributed by atoms with Crippen molar-refractivity contribution in [2.24, 2.45) is 0 Å². The molecule has 1 aromatic carbocycles. The monoisotopic (exact) mass is 242 g/mol. The Hall–Kier alpha value is -1.77. The first kappa shape index (κ1) is 11.3. The molecule has 0 bridgehead atoms. The van der Waals surface area contributed by atoms with Crippen molar-refractivity contribution in [2.75, 3.05) is 0 Å². The Morgan fingerprint density at radius 3 is 2.89 bits per heavy atom. The van der Waals surface area contributed by atoms with Crippen LogP contribution in [0, 0.1) is 13.8 Å². The molecule has 1 aromatic heterocycles. The fourth-order valence-corrected chi connectivity index (χ4v) is 2.39. The van der Waals surface area contributed by atoms with Crippen LogP contribution in [0.2, 0.25) is 0 Å². The average molecular weight is 242 g/mol. The van der Waals surface area contributed by atoms with Gasteiger partial charge < -0.3 is 10.3 Å². The molecule has 1 amide bonds. The number of carbonyl (C=O) groups excluding carboxylic acids is 1. The van der Waals surface area contributed by atoms with Crippen LogP contribution in [0.25, 0.3) is 10.9 Å². The summed E-state index contributed by atoms with van der Waals surface area (Å²) in [5.74, 6) is 0.142. The topological polar surface area (TPSA) is 44.9 Å². The summed E-state index contributed by atoms with van der Waals surface area (Å²) >= 11 is 0. The van der Waals surface area contributed by atoms with Gasteiger partial charge in [0, 0.05) is 22.6 Å². The number of H-pyrrole nitrogens is 1. The molecule has 3 nitrogen and oxygen atoms in total. The first-order valence-electron chi connectivity index (χ1n) is 6.50. The molecule has 0 atom stereocenters. The third-order valence-corrected chi connectivity index (χ3v) is 3.55. The minimum Gasteiger partial charge on any atom is -0.358 e. The number of benzene rings is 1.